The highest BCUT2D eigenvalue weighted by atomic mass is 32.2. The van der Waals surface area contributed by atoms with Crippen LogP contribution in [0.15, 0.2) is 59.6 Å². The highest BCUT2D eigenvalue weighted by molar-refractivity contribution is 7.90. The van der Waals surface area contributed by atoms with E-state index in [1.54, 1.807) is 34.9 Å². The summed E-state index contributed by atoms with van der Waals surface area (Å²) in [4.78, 5) is 14.5. The molecular weight excluding hydrogens is 405 g/mol. The van der Waals surface area contributed by atoms with Crippen molar-refractivity contribution in [3.05, 3.63) is 66.1 Å². The largest absolute Gasteiger partial charge is 0.355 e. The molecule has 3 aromatic rings. The van der Waals surface area contributed by atoms with Crippen LogP contribution >= 0.6 is 0 Å². The van der Waals surface area contributed by atoms with Crippen LogP contribution in [0.3, 0.4) is 0 Å². The summed E-state index contributed by atoms with van der Waals surface area (Å²) in [5.74, 6) is -0.963. The van der Waals surface area contributed by atoms with E-state index in [-0.39, 0.29) is 23.1 Å². The van der Waals surface area contributed by atoms with Gasteiger partial charge in [0.15, 0.2) is 9.84 Å². The number of nitrogens with zero attached hydrogens (tertiary/aromatic N) is 2. The molecule has 1 N–H and O–H groups in total. The van der Waals surface area contributed by atoms with Crippen LogP contribution in [0.2, 0.25) is 0 Å². The number of carbonyl (C=O) groups is 1. The van der Waals surface area contributed by atoms with Crippen LogP contribution in [0.4, 0.5) is 4.39 Å². The molecule has 1 aromatic heterocycles. The van der Waals surface area contributed by atoms with Gasteiger partial charge in [-0.3, -0.25) is 4.79 Å². The summed E-state index contributed by atoms with van der Waals surface area (Å²) < 4.78 is 41.2. The molecule has 0 saturated carbocycles. The van der Waals surface area contributed by atoms with E-state index >= 15 is 0 Å². The number of para-hydroxylation sites is 1. The van der Waals surface area contributed by atoms with E-state index in [1.807, 2.05) is 19.0 Å². The van der Waals surface area contributed by atoms with E-state index in [4.69, 9.17) is 0 Å². The number of carbonyl (C=O) groups excluding carboxylic acids is 1. The Bertz CT molecular complexity index is 1140. The topological polar surface area (TPSA) is 71.4 Å². The summed E-state index contributed by atoms with van der Waals surface area (Å²) in [6.07, 6.45) is 2.33. The van der Waals surface area contributed by atoms with Gasteiger partial charge in [0.05, 0.1) is 10.6 Å². The van der Waals surface area contributed by atoms with Crippen molar-refractivity contribution < 1.29 is 17.6 Å². The molecule has 0 aliphatic carbocycles. The number of benzene rings is 2. The van der Waals surface area contributed by atoms with E-state index < -0.39 is 15.7 Å². The maximum absolute atomic E-state index is 13.5. The lowest BCUT2D eigenvalue weighted by molar-refractivity contribution is -0.121. The van der Waals surface area contributed by atoms with Crippen molar-refractivity contribution in [3.63, 3.8) is 0 Å². The SMILES string of the molecule is CN(C)CCCNC(=O)Cn1cc(S(=O)(=O)Cc2cccc(F)c2)c2ccccc21. The monoisotopic (exact) mass is 431 g/mol. The second-order valence-corrected chi connectivity index (χ2v) is 9.49. The summed E-state index contributed by atoms with van der Waals surface area (Å²) in [5.41, 5.74) is 1.05. The predicted molar refractivity (Wildman–Crippen MR) is 115 cm³/mol. The first-order valence-electron chi connectivity index (χ1n) is 9.73. The molecule has 30 heavy (non-hydrogen) atoms. The first kappa shape index (κ1) is 22.0. The number of fused-ring (bicyclic) bond motifs is 1. The molecule has 0 radical (unpaired) electrons. The van der Waals surface area contributed by atoms with E-state index in [1.165, 1.54) is 24.4 Å². The fraction of sp³-hybridized carbons (Fsp3) is 0.318. The lowest BCUT2D eigenvalue weighted by Crippen LogP contribution is -2.30. The molecule has 6 nitrogen and oxygen atoms in total. The molecule has 0 saturated heterocycles. The van der Waals surface area contributed by atoms with Crippen molar-refractivity contribution in [1.82, 2.24) is 14.8 Å². The average Bonchev–Trinajstić information content (AvgIpc) is 3.04. The average molecular weight is 432 g/mol. The molecule has 0 unspecified atom stereocenters. The Hall–Kier alpha value is -2.71. The number of hydrogen-bond acceptors (Lipinski definition) is 4. The molecule has 0 bridgehead atoms. The normalized spacial score (nSPS) is 11.9. The Morgan fingerprint density at radius 3 is 2.63 bits per heavy atom. The summed E-state index contributed by atoms with van der Waals surface area (Å²) in [5, 5.41) is 3.42. The molecule has 0 atom stereocenters. The van der Waals surface area contributed by atoms with Gasteiger partial charge in [-0.1, -0.05) is 30.3 Å². The summed E-state index contributed by atoms with van der Waals surface area (Å²) in [7, 11) is 0.217. The van der Waals surface area contributed by atoms with Gasteiger partial charge in [-0.05, 0) is 50.8 Å². The molecular formula is C22H26FN3O3S. The third kappa shape index (κ3) is 5.46. The molecule has 0 aliphatic rings. The van der Waals surface area contributed by atoms with Gasteiger partial charge in [0.2, 0.25) is 5.91 Å². The van der Waals surface area contributed by atoms with Gasteiger partial charge in [0.1, 0.15) is 12.4 Å². The Balaban J connectivity index is 1.82. The molecule has 0 fully saturated rings. The molecule has 1 amide bonds. The quantitative estimate of drug-likeness (QED) is 0.529. The number of nitrogens with one attached hydrogen (secondary N) is 1. The Kier molecular flexibility index (Phi) is 6.89. The van der Waals surface area contributed by atoms with Gasteiger partial charge in [0.25, 0.3) is 0 Å². The number of rotatable bonds is 9. The van der Waals surface area contributed by atoms with Crippen molar-refractivity contribution >= 4 is 26.6 Å². The van der Waals surface area contributed by atoms with Crippen molar-refractivity contribution in [2.45, 2.75) is 23.6 Å². The molecule has 2 aromatic carbocycles. The first-order valence-corrected chi connectivity index (χ1v) is 11.4. The number of halogens is 1. The van der Waals surface area contributed by atoms with Gasteiger partial charge in [-0.15, -0.1) is 0 Å². The molecule has 160 valence electrons. The van der Waals surface area contributed by atoms with Crippen LogP contribution in [-0.2, 0) is 26.9 Å². The fourth-order valence-corrected chi connectivity index (χ4v) is 4.92. The van der Waals surface area contributed by atoms with Crippen LogP contribution in [0.25, 0.3) is 10.9 Å². The Morgan fingerprint density at radius 2 is 1.90 bits per heavy atom. The van der Waals surface area contributed by atoms with Gasteiger partial charge in [-0.2, -0.15) is 0 Å². The van der Waals surface area contributed by atoms with Crippen LogP contribution in [0, 0.1) is 5.82 Å². The minimum Gasteiger partial charge on any atom is -0.355 e. The van der Waals surface area contributed by atoms with E-state index in [0.717, 1.165) is 13.0 Å². The van der Waals surface area contributed by atoms with E-state index in [2.05, 4.69) is 5.32 Å². The van der Waals surface area contributed by atoms with E-state index in [0.29, 0.717) is 23.0 Å². The van der Waals surface area contributed by atoms with Crippen molar-refractivity contribution in [2.24, 2.45) is 0 Å². The van der Waals surface area contributed by atoms with Gasteiger partial charge in [-0.25, -0.2) is 12.8 Å². The summed E-state index contributed by atoms with van der Waals surface area (Å²) in [6, 6.07) is 12.6. The number of sulfone groups is 1. The maximum Gasteiger partial charge on any atom is 0.239 e. The maximum atomic E-state index is 13.5. The molecule has 0 spiro atoms. The van der Waals surface area contributed by atoms with Gasteiger partial charge < -0.3 is 14.8 Å². The number of aromatic nitrogens is 1. The lowest BCUT2D eigenvalue weighted by Gasteiger charge is -2.10. The molecule has 1 heterocycles. The van der Waals surface area contributed by atoms with Crippen LogP contribution in [-0.4, -0.2) is 51.0 Å². The smallest absolute Gasteiger partial charge is 0.239 e. The molecule has 8 heteroatoms. The highest BCUT2D eigenvalue weighted by Gasteiger charge is 2.22. The Labute approximate surface area is 176 Å². The minimum absolute atomic E-state index is 0.0258. The Morgan fingerprint density at radius 1 is 1.13 bits per heavy atom. The predicted octanol–water partition coefficient (Wildman–Crippen LogP) is 2.82. The van der Waals surface area contributed by atoms with Crippen LogP contribution in [0.5, 0.6) is 0 Å². The van der Waals surface area contributed by atoms with Crippen molar-refractivity contribution in [1.29, 1.82) is 0 Å². The minimum atomic E-state index is -3.73. The van der Waals surface area contributed by atoms with Gasteiger partial charge >= 0.3 is 0 Å². The highest BCUT2D eigenvalue weighted by Crippen LogP contribution is 2.28. The second-order valence-electron chi connectivity index (χ2n) is 7.53. The third-order valence-corrected chi connectivity index (χ3v) is 6.46. The third-order valence-electron chi connectivity index (χ3n) is 4.75. The molecule has 3 rings (SSSR count). The van der Waals surface area contributed by atoms with Crippen molar-refractivity contribution in [3.8, 4) is 0 Å². The van der Waals surface area contributed by atoms with Crippen molar-refractivity contribution in [2.75, 3.05) is 27.2 Å². The zero-order valence-electron chi connectivity index (χ0n) is 17.1. The van der Waals surface area contributed by atoms with Crippen LogP contribution < -0.4 is 5.32 Å². The van der Waals surface area contributed by atoms with Crippen LogP contribution in [0.1, 0.15) is 12.0 Å². The summed E-state index contributed by atoms with van der Waals surface area (Å²) >= 11 is 0. The zero-order valence-corrected chi connectivity index (χ0v) is 18.0. The second kappa shape index (κ2) is 9.40. The molecule has 0 aliphatic heterocycles. The first-order chi connectivity index (χ1) is 14.3. The van der Waals surface area contributed by atoms with E-state index in [9.17, 15) is 17.6 Å². The lowest BCUT2D eigenvalue weighted by atomic mass is 10.2. The zero-order chi connectivity index (χ0) is 21.7. The van der Waals surface area contributed by atoms with Gasteiger partial charge in [0, 0.05) is 23.6 Å². The fourth-order valence-electron chi connectivity index (χ4n) is 3.35. The summed E-state index contributed by atoms with van der Waals surface area (Å²) in [6.45, 7) is 1.45. The standard InChI is InChI=1S/C22H26FN3O3S/c1-25(2)12-6-11-24-22(27)15-26-14-21(19-9-3-4-10-20(19)26)30(28,29)16-17-7-5-8-18(23)13-17/h3-5,7-10,13-14H,6,11-12,15-16H2,1-2H3,(H,24,27). The number of amides is 1. The number of hydrogen-bond donors (Lipinski definition) is 1.